The second-order valence-corrected chi connectivity index (χ2v) is 6.12. The Morgan fingerprint density at radius 2 is 2.00 bits per heavy atom. The van der Waals surface area contributed by atoms with E-state index in [-0.39, 0.29) is 11.5 Å². The Balaban J connectivity index is 1.96. The lowest BCUT2D eigenvalue weighted by atomic mass is 10.1. The number of anilines is 1. The summed E-state index contributed by atoms with van der Waals surface area (Å²) < 4.78 is 6.64. The molecule has 112 valence electrons. The van der Waals surface area contributed by atoms with Gasteiger partial charge in [-0.3, -0.25) is 9.78 Å². The number of furan rings is 1. The van der Waals surface area contributed by atoms with Crippen molar-refractivity contribution in [3.8, 4) is 0 Å². The number of ketones is 1. The summed E-state index contributed by atoms with van der Waals surface area (Å²) in [5.41, 5.74) is 8.25. The normalized spacial score (nSPS) is 11.2. The Morgan fingerprint density at radius 3 is 2.83 bits per heavy atom. The molecule has 0 saturated carbocycles. The first-order valence-corrected chi connectivity index (χ1v) is 7.80. The fourth-order valence-electron chi connectivity index (χ4n) is 2.64. The molecule has 0 aliphatic heterocycles. The van der Waals surface area contributed by atoms with Crippen molar-refractivity contribution in [1.82, 2.24) is 4.98 Å². The Bertz CT molecular complexity index is 1070. The molecule has 0 radical (unpaired) electrons. The molecule has 0 unspecified atom stereocenters. The molecule has 2 aromatic carbocycles. The highest BCUT2D eigenvalue weighted by molar-refractivity contribution is 9.10. The highest BCUT2D eigenvalue weighted by Gasteiger charge is 2.21. The van der Waals surface area contributed by atoms with Gasteiger partial charge < -0.3 is 10.2 Å². The number of halogens is 1. The van der Waals surface area contributed by atoms with Crippen LogP contribution in [0.2, 0.25) is 0 Å². The van der Waals surface area contributed by atoms with Gasteiger partial charge in [0.25, 0.3) is 0 Å². The van der Waals surface area contributed by atoms with Gasteiger partial charge in [-0.05, 0) is 24.3 Å². The zero-order chi connectivity index (χ0) is 16.0. The van der Waals surface area contributed by atoms with E-state index in [1.54, 1.807) is 24.4 Å². The lowest BCUT2D eigenvalue weighted by Gasteiger charge is -1.99. The van der Waals surface area contributed by atoms with E-state index in [0.29, 0.717) is 27.7 Å². The highest BCUT2D eigenvalue weighted by atomic mass is 79.9. The number of fused-ring (bicyclic) bond motifs is 3. The molecule has 4 aromatic rings. The quantitative estimate of drug-likeness (QED) is 0.528. The number of hydrogen-bond acceptors (Lipinski definition) is 4. The van der Waals surface area contributed by atoms with Gasteiger partial charge in [-0.2, -0.15) is 0 Å². The molecule has 2 aromatic heterocycles. The molecule has 0 aliphatic rings. The van der Waals surface area contributed by atoms with Crippen LogP contribution in [0.5, 0.6) is 0 Å². The van der Waals surface area contributed by atoms with Gasteiger partial charge >= 0.3 is 0 Å². The van der Waals surface area contributed by atoms with Crippen LogP contribution >= 0.6 is 15.9 Å². The lowest BCUT2D eigenvalue weighted by molar-refractivity contribution is 0.101. The topological polar surface area (TPSA) is 69.1 Å². The molecule has 0 saturated heterocycles. The van der Waals surface area contributed by atoms with Gasteiger partial charge in [-0.15, -0.1) is 0 Å². The van der Waals surface area contributed by atoms with E-state index in [1.165, 1.54) is 0 Å². The van der Waals surface area contributed by atoms with Crippen molar-refractivity contribution in [2.24, 2.45) is 0 Å². The van der Waals surface area contributed by atoms with Crippen LogP contribution in [0.15, 0.2) is 63.6 Å². The van der Waals surface area contributed by atoms with E-state index in [0.717, 1.165) is 9.86 Å². The third-order valence-corrected chi connectivity index (χ3v) is 4.25. The predicted molar refractivity (Wildman–Crippen MR) is 93.5 cm³/mol. The maximum absolute atomic E-state index is 12.7. The third kappa shape index (κ3) is 2.21. The summed E-state index contributed by atoms with van der Waals surface area (Å²) in [6.45, 7) is 0. The Kier molecular flexibility index (Phi) is 3.16. The summed E-state index contributed by atoms with van der Waals surface area (Å²) >= 11 is 3.36. The number of pyridine rings is 1. The molecular formula is C18H11BrN2O2. The van der Waals surface area contributed by atoms with E-state index in [1.807, 2.05) is 30.3 Å². The summed E-state index contributed by atoms with van der Waals surface area (Å²) in [7, 11) is 0. The third-order valence-electron chi connectivity index (χ3n) is 3.76. The van der Waals surface area contributed by atoms with Gasteiger partial charge in [0.05, 0.1) is 5.69 Å². The first-order valence-electron chi connectivity index (χ1n) is 7.01. The van der Waals surface area contributed by atoms with Gasteiger partial charge in [0.2, 0.25) is 5.78 Å². The highest BCUT2D eigenvalue weighted by Crippen LogP contribution is 2.34. The molecule has 0 bridgehead atoms. The van der Waals surface area contributed by atoms with Crippen LogP contribution in [-0.4, -0.2) is 10.8 Å². The number of hydrogen-bond donors (Lipinski definition) is 1. The molecule has 4 nitrogen and oxygen atoms in total. The van der Waals surface area contributed by atoms with Crippen molar-refractivity contribution in [3.05, 3.63) is 70.5 Å². The molecule has 2 heterocycles. The number of benzene rings is 2. The van der Waals surface area contributed by atoms with Crippen molar-refractivity contribution in [2.45, 2.75) is 0 Å². The van der Waals surface area contributed by atoms with E-state index in [2.05, 4.69) is 20.9 Å². The van der Waals surface area contributed by atoms with Crippen molar-refractivity contribution >= 4 is 49.3 Å². The summed E-state index contributed by atoms with van der Waals surface area (Å²) in [5.74, 6) is -0.0969. The lowest BCUT2D eigenvalue weighted by Crippen LogP contribution is -2.02. The van der Waals surface area contributed by atoms with Gasteiger partial charge in [-0.25, -0.2) is 0 Å². The van der Waals surface area contributed by atoms with Crippen LogP contribution in [0, 0.1) is 0 Å². The summed E-state index contributed by atoms with van der Waals surface area (Å²) in [4.78, 5) is 17.1. The Labute approximate surface area is 140 Å². The average Bonchev–Trinajstić information content (AvgIpc) is 2.91. The Hall–Kier alpha value is -2.66. The second kappa shape index (κ2) is 5.21. The number of nitrogens with two attached hydrogens (primary N) is 1. The fraction of sp³-hybridized carbons (Fsp3) is 0. The SMILES string of the molecule is Nc1c(C(=O)c2cccc(Br)c2)oc2c1ccc1cccnc12. The molecule has 4 rings (SSSR count). The second-order valence-electron chi connectivity index (χ2n) is 5.20. The van der Waals surface area contributed by atoms with E-state index in [4.69, 9.17) is 10.2 Å². The predicted octanol–water partition coefficient (Wildman–Crippen LogP) is 4.56. The van der Waals surface area contributed by atoms with E-state index in [9.17, 15) is 4.79 Å². The number of nitrogen functional groups attached to an aromatic ring is 1. The molecule has 0 amide bonds. The van der Waals surface area contributed by atoms with Crippen molar-refractivity contribution < 1.29 is 9.21 Å². The number of aromatic nitrogens is 1. The molecule has 5 heteroatoms. The van der Waals surface area contributed by atoms with Crippen molar-refractivity contribution in [2.75, 3.05) is 5.73 Å². The standard InChI is InChI=1S/C18H11BrN2O2/c19-12-5-1-3-11(9-12)16(22)18-14(20)13-7-6-10-4-2-8-21-15(10)17(13)23-18/h1-9H,20H2. The minimum atomic E-state index is -0.246. The smallest absolute Gasteiger partial charge is 0.230 e. The molecule has 23 heavy (non-hydrogen) atoms. The van der Waals surface area contributed by atoms with Crippen LogP contribution in [0.4, 0.5) is 5.69 Å². The summed E-state index contributed by atoms with van der Waals surface area (Å²) in [6, 6.07) is 14.7. The van der Waals surface area contributed by atoms with Crippen molar-refractivity contribution in [1.29, 1.82) is 0 Å². The summed E-state index contributed by atoms with van der Waals surface area (Å²) in [6.07, 6.45) is 1.69. The summed E-state index contributed by atoms with van der Waals surface area (Å²) in [5, 5.41) is 1.64. The van der Waals surface area contributed by atoms with Crippen LogP contribution < -0.4 is 5.73 Å². The minimum absolute atomic E-state index is 0.149. The zero-order valence-corrected chi connectivity index (χ0v) is 13.5. The van der Waals surface area contributed by atoms with Gasteiger partial charge in [0, 0.05) is 27.0 Å². The molecular weight excluding hydrogens is 356 g/mol. The van der Waals surface area contributed by atoms with Crippen LogP contribution in [0.1, 0.15) is 16.1 Å². The van der Waals surface area contributed by atoms with Gasteiger partial charge in [-0.1, -0.05) is 40.2 Å². The number of carbonyl (C=O) groups is 1. The fourth-order valence-corrected chi connectivity index (χ4v) is 3.04. The largest absolute Gasteiger partial charge is 0.448 e. The monoisotopic (exact) mass is 366 g/mol. The van der Waals surface area contributed by atoms with E-state index < -0.39 is 0 Å². The molecule has 0 spiro atoms. The van der Waals surface area contributed by atoms with Crippen molar-refractivity contribution in [3.63, 3.8) is 0 Å². The van der Waals surface area contributed by atoms with Crippen LogP contribution in [-0.2, 0) is 0 Å². The maximum Gasteiger partial charge on any atom is 0.230 e. The van der Waals surface area contributed by atoms with Gasteiger partial charge in [0.1, 0.15) is 5.52 Å². The maximum atomic E-state index is 12.7. The van der Waals surface area contributed by atoms with Crippen LogP contribution in [0.3, 0.4) is 0 Å². The van der Waals surface area contributed by atoms with Crippen LogP contribution in [0.25, 0.3) is 21.9 Å². The Morgan fingerprint density at radius 1 is 1.13 bits per heavy atom. The first-order chi connectivity index (χ1) is 11.1. The molecule has 2 N–H and O–H groups in total. The number of nitrogens with zero attached hydrogens (tertiary/aromatic N) is 1. The zero-order valence-electron chi connectivity index (χ0n) is 11.9. The molecule has 0 fully saturated rings. The number of rotatable bonds is 2. The average molecular weight is 367 g/mol. The first kappa shape index (κ1) is 14.0. The number of carbonyl (C=O) groups excluding carboxylic acids is 1. The van der Waals surface area contributed by atoms with E-state index >= 15 is 0 Å². The molecule has 0 aliphatic carbocycles. The molecule has 0 atom stereocenters. The minimum Gasteiger partial charge on any atom is -0.448 e. The van der Waals surface area contributed by atoms with Gasteiger partial charge in [0.15, 0.2) is 11.3 Å².